The number of amides is 1. The van der Waals surface area contributed by atoms with Gasteiger partial charge in [-0.2, -0.15) is 9.97 Å². The van der Waals surface area contributed by atoms with E-state index in [0.717, 1.165) is 43.9 Å². The number of nitrogens with two attached hydrogens (primary N) is 1. The highest BCUT2D eigenvalue weighted by molar-refractivity contribution is 5.89. The fourth-order valence-corrected chi connectivity index (χ4v) is 8.86. The molecule has 6 rings (SSSR count). The number of aliphatic carboxylic acids is 1. The molecule has 4 aromatic rings. The van der Waals surface area contributed by atoms with Crippen LogP contribution in [0.25, 0.3) is 22.3 Å². The molecule has 2 aliphatic rings. The van der Waals surface area contributed by atoms with Gasteiger partial charge >= 0.3 is 5.97 Å². The summed E-state index contributed by atoms with van der Waals surface area (Å²) in [6.07, 6.45) is 18.4. The Balaban J connectivity index is 0.000000263. The topological polar surface area (TPSA) is 359 Å². The zero-order chi connectivity index (χ0) is 53.5. The first-order valence-corrected chi connectivity index (χ1v) is 26.4. The van der Waals surface area contributed by atoms with Crippen molar-refractivity contribution in [1.29, 1.82) is 0 Å². The van der Waals surface area contributed by atoms with Gasteiger partial charge in [-0.15, -0.1) is 0 Å². The number of rotatable bonds is 29. The number of carbonyl (C=O) groups is 2. The molecule has 1 amide bonds. The van der Waals surface area contributed by atoms with Crippen LogP contribution in [0.5, 0.6) is 0 Å². The molecule has 23 nitrogen and oxygen atoms in total. The molecule has 4 aromatic heterocycles. The van der Waals surface area contributed by atoms with Gasteiger partial charge in [-0.3, -0.25) is 43.6 Å². The SMILES string of the molecule is CC(C)CCCCCCCCCCCC(=O)Nc1nc2c(ncn2[C@@H]2O[C@H](CO)[C@@H](O)[C@H]2O)c(=O)[nH]1.CC(C)CCCCCCCCCCCC(=O)O.Nc1nc2c(ncn2[C@@H]2O[C@H](CO)[C@@H](O)[C@H]2O)c(=O)[nH]1. The van der Waals surface area contributed by atoms with Crippen LogP contribution in [0, 0.1) is 11.8 Å². The lowest BCUT2D eigenvalue weighted by Gasteiger charge is -2.16. The molecule has 0 bridgehead atoms. The molecule has 2 aliphatic heterocycles. The Kier molecular flexibility index (Phi) is 26.4. The van der Waals surface area contributed by atoms with E-state index in [2.05, 4.69) is 62.9 Å². The number of carboxylic acid groups (broad SMARTS) is 1. The van der Waals surface area contributed by atoms with E-state index in [1.165, 1.54) is 118 Å². The number of unbranched alkanes of at least 4 members (excludes halogenated alkanes) is 16. The van der Waals surface area contributed by atoms with Gasteiger partial charge in [-0.25, -0.2) is 9.97 Å². The Morgan fingerprint density at radius 3 is 1.38 bits per heavy atom. The third kappa shape index (κ3) is 19.4. The van der Waals surface area contributed by atoms with Crippen LogP contribution < -0.4 is 22.2 Å². The van der Waals surface area contributed by atoms with Gasteiger partial charge < -0.3 is 51.0 Å². The molecular weight excluding hydrogens is 949 g/mol. The van der Waals surface area contributed by atoms with Crippen molar-refractivity contribution >= 4 is 46.1 Å². The summed E-state index contributed by atoms with van der Waals surface area (Å²) >= 11 is 0. The fraction of sp³-hybridized carbons (Fsp3) is 0.760. The summed E-state index contributed by atoms with van der Waals surface area (Å²) < 4.78 is 13.5. The van der Waals surface area contributed by atoms with E-state index in [1.54, 1.807) is 0 Å². The number of hydrogen-bond donors (Lipinski definition) is 11. The molecule has 73 heavy (non-hydrogen) atoms. The second-order valence-electron chi connectivity index (χ2n) is 20.1. The number of nitrogen functional groups attached to an aromatic ring is 1. The van der Waals surface area contributed by atoms with Crippen LogP contribution >= 0.6 is 0 Å². The molecule has 12 N–H and O–H groups in total. The highest BCUT2D eigenvalue weighted by Crippen LogP contribution is 2.32. The number of hydrogen-bond acceptors (Lipinski definition) is 17. The molecule has 0 aromatic carbocycles. The molecule has 0 unspecified atom stereocenters. The predicted octanol–water partition coefficient (Wildman–Crippen LogP) is 4.95. The fourth-order valence-electron chi connectivity index (χ4n) is 8.86. The summed E-state index contributed by atoms with van der Waals surface area (Å²) in [5.41, 5.74) is 4.66. The maximum Gasteiger partial charge on any atom is 0.303 e. The molecule has 0 spiro atoms. The van der Waals surface area contributed by atoms with Crippen LogP contribution in [-0.2, 0) is 19.1 Å². The molecular formula is C50H84N10O13. The number of fused-ring (bicyclic) bond motifs is 2. The molecule has 0 radical (unpaired) electrons. The number of aliphatic hydroxyl groups excluding tert-OH is 6. The van der Waals surface area contributed by atoms with E-state index in [1.807, 2.05) is 0 Å². The number of nitrogens with zero attached hydrogens (tertiary/aromatic N) is 6. The highest BCUT2D eigenvalue weighted by Gasteiger charge is 2.45. The third-order valence-corrected chi connectivity index (χ3v) is 13.1. The normalized spacial score (nSPS) is 21.7. The van der Waals surface area contributed by atoms with Crippen LogP contribution in [0.1, 0.15) is 181 Å². The Labute approximate surface area is 426 Å². The summed E-state index contributed by atoms with van der Waals surface area (Å²) in [6, 6.07) is 0. The van der Waals surface area contributed by atoms with Gasteiger partial charge in [0, 0.05) is 12.8 Å². The van der Waals surface area contributed by atoms with E-state index < -0.39 is 79.4 Å². The number of aromatic nitrogens is 8. The maximum absolute atomic E-state index is 12.4. The third-order valence-electron chi connectivity index (χ3n) is 13.1. The number of anilines is 2. The van der Waals surface area contributed by atoms with Crippen LogP contribution in [0.15, 0.2) is 22.2 Å². The summed E-state index contributed by atoms with van der Waals surface area (Å²) in [5.74, 6) is 0.612. The van der Waals surface area contributed by atoms with Gasteiger partial charge in [0.15, 0.2) is 34.8 Å². The zero-order valence-corrected chi connectivity index (χ0v) is 43.2. The van der Waals surface area contributed by atoms with Gasteiger partial charge in [0.25, 0.3) is 11.1 Å². The van der Waals surface area contributed by atoms with Crippen molar-refractivity contribution in [2.24, 2.45) is 11.8 Å². The summed E-state index contributed by atoms with van der Waals surface area (Å²) in [4.78, 5) is 67.7. The quantitative estimate of drug-likeness (QED) is 0.0321. The Bertz CT molecular complexity index is 2350. The Hall–Kier alpha value is -4.88. The lowest BCUT2D eigenvalue weighted by molar-refractivity contribution is -0.137. The number of aliphatic hydroxyl groups is 6. The molecule has 6 heterocycles. The maximum atomic E-state index is 12.4. The number of nitrogens with one attached hydrogen (secondary N) is 3. The lowest BCUT2D eigenvalue weighted by Crippen LogP contribution is -2.33. The first kappa shape index (κ1) is 60.7. The van der Waals surface area contributed by atoms with Crippen molar-refractivity contribution in [3.05, 3.63) is 33.4 Å². The van der Waals surface area contributed by atoms with Gasteiger partial charge in [-0.05, 0) is 24.7 Å². The second-order valence-corrected chi connectivity index (χ2v) is 20.1. The first-order valence-electron chi connectivity index (χ1n) is 26.4. The number of imidazole rings is 2. The summed E-state index contributed by atoms with van der Waals surface area (Å²) in [5, 5.41) is 69.5. The van der Waals surface area contributed by atoms with Crippen molar-refractivity contribution in [1.82, 2.24) is 39.0 Å². The largest absolute Gasteiger partial charge is 0.481 e. The average Bonchev–Trinajstić information content (AvgIpc) is 4.10. The molecule has 0 aliphatic carbocycles. The minimum atomic E-state index is -1.34. The average molecular weight is 1030 g/mol. The van der Waals surface area contributed by atoms with Crippen LogP contribution in [0.2, 0.25) is 0 Å². The molecule has 0 saturated carbocycles. The van der Waals surface area contributed by atoms with Crippen molar-refractivity contribution in [3.8, 4) is 0 Å². The lowest BCUT2D eigenvalue weighted by atomic mass is 10.0. The first-order chi connectivity index (χ1) is 35.0. The van der Waals surface area contributed by atoms with E-state index in [9.17, 15) is 44.7 Å². The molecule has 23 heteroatoms. The minimum Gasteiger partial charge on any atom is -0.481 e. The number of H-pyrrole nitrogens is 2. The van der Waals surface area contributed by atoms with Gasteiger partial charge in [0.2, 0.25) is 17.8 Å². The molecule has 412 valence electrons. The van der Waals surface area contributed by atoms with Crippen molar-refractivity contribution in [2.75, 3.05) is 24.3 Å². The van der Waals surface area contributed by atoms with Crippen LogP contribution in [0.3, 0.4) is 0 Å². The second kappa shape index (κ2) is 31.8. The molecule has 2 fully saturated rings. The van der Waals surface area contributed by atoms with E-state index in [0.29, 0.717) is 12.8 Å². The van der Waals surface area contributed by atoms with Crippen molar-refractivity contribution in [3.63, 3.8) is 0 Å². The van der Waals surface area contributed by atoms with E-state index >= 15 is 0 Å². The number of aromatic amines is 2. The van der Waals surface area contributed by atoms with E-state index in [4.69, 9.17) is 25.4 Å². The highest BCUT2D eigenvalue weighted by atomic mass is 16.6. The zero-order valence-electron chi connectivity index (χ0n) is 43.2. The number of carboxylic acids is 1. The smallest absolute Gasteiger partial charge is 0.303 e. The van der Waals surface area contributed by atoms with Gasteiger partial charge in [0.1, 0.15) is 36.6 Å². The number of ether oxygens (including phenoxy) is 2. The number of carbonyl (C=O) groups excluding carboxylic acids is 1. The predicted molar refractivity (Wildman–Crippen MR) is 274 cm³/mol. The molecule has 8 atom stereocenters. The Morgan fingerprint density at radius 1 is 0.603 bits per heavy atom. The van der Waals surface area contributed by atoms with E-state index in [-0.39, 0.29) is 40.1 Å². The monoisotopic (exact) mass is 1030 g/mol. The van der Waals surface area contributed by atoms with Crippen molar-refractivity contribution in [2.45, 2.75) is 218 Å². The van der Waals surface area contributed by atoms with Crippen LogP contribution in [0.4, 0.5) is 11.9 Å². The van der Waals surface area contributed by atoms with Gasteiger partial charge in [0.05, 0.1) is 25.9 Å². The standard InChI is InChI=1S/C25H41N5O6.C15H30O2.C10H13N5O5/c1-16(2)12-10-8-6-4-3-5-7-9-11-13-18(32)27-25-28-22-19(23(35)29-25)26-15-30(22)24-21(34)20(33)17(14-31)36-24;1-14(2)12-10-8-6-4-3-5-7-9-11-13-15(16)17;11-10-13-7-4(8(19)14-10)12-2-15(7)9-6(18)5(17)3(1-16)20-9/h15-17,20-21,24,31,33-34H,3-14H2,1-2H3,(H2,27,28,29,32,35);14H,3-13H2,1-2H3,(H,16,17);2-3,5-6,9,16-18H,1H2,(H3,11,13,14,19)/t17-,20-,21-,24-;;3-,5-,6-,9-/m1.1/s1. The Morgan fingerprint density at radius 2 is 0.986 bits per heavy atom. The van der Waals surface area contributed by atoms with Crippen molar-refractivity contribution < 1.29 is 54.8 Å². The minimum absolute atomic E-state index is 0.00524. The molecule has 2 saturated heterocycles. The summed E-state index contributed by atoms with van der Waals surface area (Å²) in [7, 11) is 0. The summed E-state index contributed by atoms with van der Waals surface area (Å²) in [6.45, 7) is 8.19. The van der Waals surface area contributed by atoms with Crippen LogP contribution in [-0.4, -0.2) is 136 Å². The van der Waals surface area contributed by atoms with Gasteiger partial charge in [-0.1, -0.05) is 143 Å².